The molecule has 0 aliphatic carbocycles. The first-order chi connectivity index (χ1) is 9.18. The Morgan fingerprint density at radius 2 is 1.74 bits per heavy atom. The molecule has 0 aromatic carbocycles. The van der Waals surface area contributed by atoms with Gasteiger partial charge >= 0.3 is 5.97 Å². The SMILES string of the molecule is CCCC(CC)(CC(=O)OCC)N1CCCCCC1. The van der Waals surface area contributed by atoms with Crippen LogP contribution in [0.1, 0.15) is 72.1 Å². The molecule has 0 aromatic heterocycles. The number of esters is 1. The van der Waals surface area contributed by atoms with Crippen LogP contribution in [0.5, 0.6) is 0 Å². The van der Waals surface area contributed by atoms with Crippen molar-refractivity contribution in [2.75, 3.05) is 19.7 Å². The van der Waals surface area contributed by atoms with Crippen LogP contribution in [-0.4, -0.2) is 36.1 Å². The van der Waals surface area contributed by atoms with Crippen LogP contribution in [0.25, 0.3) is 0 Å². The number of carbonyl (C=O) groups is 1. The van der Waals surface area contributed by atoms with Crippen molar-refractivity contribution in [1.82, 2.24) is 4.90 Å². The Bertz CT molecular complexity index is 259. The van der Waals surface area contributed by atoms with Gasteiger partial charge in [0, 0.05) is 5.54 Å². The molecule has 0 N–H and O–H groups in total. The molecule has 0 radical (unpaired) electrons. The van der Waals surface area contributed by atoms with Gasteiger partial charge in [-0.2, -0.15) is 0 Å². The van der Waals surface area contributed by atoms with Crippen LogP contribution in [-0.2, 0) is 9.53 Å². The Kier molecular flexibility index (Phi) is 7.44. The van der Waals surface area contributed by atoms with Crippen LogP contribution < -0.4 is 0 Å². The number of rotatable bonds is 7. The smallest absolute Gasteiger partial charge is 0.307 e. The number of nitrogens with zero attached hydrogens (tertiary/aromatic N) is 1. The van der Waals surface area contributed by atoms with E-state index in [-0.39, 0.29) is 11.5 Å². The van der Waals surface area contributed by atoms with Crippen molar-refractivity contribution in [2.24, 2.45) is 0 Å². The summed E-state index contributed by atoms with van der Waals surface area (Å²) < 4.78 is 5.20. The Morgan fingerprint density at radius 1 is 1.11 bits per heavy atom. The van der Waals surface area contributed by atoms with Crippen molar-refractivity contribution in [3.8, 4) is 0 Å². The van der Waals surface area contributed by atoms with Gasteiger partial charge in [-0.15, -0.1) is 0 Å². The topological polar surface area (TPSA) is 29.5 Å². The number of carbonyl (C=O) groups excluding carboxylic acids is 1. The van der Waals surface area contributed by atoms with Gasteiger partial charge in [-0.05, 0) is 45.7 Å². The second-order valence-electron chi connectivity index (χ2n) is 5.71. The summed E-state index contributed by atoms with van der Waals surface area (Å²) in [5.41, 5.74) is 0.0331. The van der Waals surface area contributed by atoms with E-state index < -0.39 is 0 Å². The first kappa shape index (κ1) is 16.5. The Morgan fingerprint density at radius 3 is 2.21 bits per heavy atom. The highest BCUT2D eigenvalue weighted by molar-refractivity contribution is 5.70. The van der Waals surface area contributed by atoms with Gasteiger partial charge < -0.3 is 4.74 Å². The number of hydrogen-bond acceptors (Lipinski definition) is 3. The molecule has 0 spiro atoms. The molecule has 1 atom stereocenters. The minimum atomic E-state index is -0.0259. The van der Waals surface area contributed by atoms with Crippen molar-refractivity contribution < 1.29 is 9.53 Å². The normalized spacial score (nSPS) is 20.6. The molecule has 1 unspecified atom stereocenters. The van der Waals surface area contributed by atoms with Gasteiger partial charge in [0.15, 0.2) is 0 Å². The minimum absolute atomic E-state index is 0.0259. The van der Waals surface area contributed by atoms with E-state index in [0.717, 1.165) is 32.4 Å². The second-order valence-corrected chi connectivity index (χ2v) is 5.71. The quantitative estimate of drug-likeness (QED) is 0.659. The molecule has 0 bridgehead atoms. The van der Waals surface area contributed by atoms with Gasteiger partial charge in [-0.25, -0.2) is 0 Å². The lowest BCUT2D eigenvalue weighted by atomic mass is 9.84. The van der Waals surface area contributed by atoms with Crippen LogP contribution in [0.2, 0.25) is 0 Å². The first-order valence-corrected chi connectivity index (χ1v) is 8.09. The summed E-state index contributed by atoms with van der Waals surface area (Å²) in [6.07, 6.45) is 9.04. The van der Waals surface area contributed by atoms with Crippen LogP contribution in [0.3, 0.4) is 0 Å². The maximum atomic E-state index is 12.0. The van der Waals surface area contributed by atoms with Crippen LogP contribution in [0.15, 0.2) is 0 Å². The van der Waals surface area contributed by atoms with E-state index in [2.05, 4.69) is 18.7 Å². The maximum Gasteiger partial charge on any atom is 0.307 e. The fraction of sp³-hybridized carbons (Fsp3) is 0.938. The fourth-order valence-electron chi connectivity index (χ4n) is 3.37. The summed E-state index contributed by atoms with van der Waals surface area (Å²) in [6.45, 7) is 9.11. The van der Waals surface area contributed by atoms with Gasteiger partial charge in [-0.3, -0.25) is 9.69 Å². The lowest BCUT2D eigenvalue weighted by Gasteiger charge is -2.43. The van der Waals surface area contributed by atoms with Crippen molar-refractivity contribution in [1.29, 1.82) is 0 Å². The van der Waals surface area contributed by atoms with Crippen LogP contribution >= 0.6 is 0 Å². The fourth-order valence-corrected chi connectivity index (χ4v) is 3.37. The molecule has 0 aromatic rings. The molecule has 1 saturated heterocycles. The zero-order valence-corrected chi connectivity index (χ0v) is 13.0. The molecular formula is C16H31NO2. The van der Waals surface area contributed by atoms with Gasteiger partial charge in [0.05, 0.1) is 13.0 Å². The first-order valence-electron chi connectivity index (χ1n) is 8.09. The number of ether oxygens (including phenoxy) is 1. The Hall–Kier alpha value is -0.570. The number of hydrogen-bond donors (Lipinski definition) is 0. The lowest BCUT2D eigenvalue weighted by Crippen LogP contribution is -2.50. The largest absolute Gasteiger partial charge is 0.466 e. The van der Waals surface area contributed by atoms with E-state index >= 15 is 0 Å². The van der Waals surface area contributed by atoms with Gasteiger partial charge in [0.1, 0.15) is 0 Å². The molecule has 1 aliphatic rings. The van der Waals surface area contributed by atoms with Crippen molar-refractivity contribution in [3.63, 3.8) is 0 Å². The zero-order chi connectivity index (χ0) is 14.1. The van der Waals surface area contributed by atoms with Crippen LogP contribution in [0, 0.1) is 0 Å². The molecule has 1 heterocycles. The Balaban J connectivity index is 2.79. The van der Waals surface area contributed by atoms with E-state index in [4.69, 9.17) is 4.74 Å². The van der Waals surface area contributed by atoms with Crippen molar-refractivity contribution in [2.45, 2.75) is 77.7 Å². The molecule has 1 rings (SSSR count). The zero-order valence-electron chi connectivity index (χ0n) is 13.0. The summed E-state index contributed by atoms with van der Waals surface area (Å²) >= 11 is 0. The highest BCUT2D eigenvalue weighted by Crippen LogP contribution is 2.32. The van der Waals surface area contributed by atoms with E-state index in [9.17, 15) is 4.79 Å². The third-order valence-electron chi connectivity index (χ3n) is 4.43. The van der Waals surface area contributed by atoms with Crippen LogP contribution in [0.4, 0.5) is 0 Å². The highest BCUT2D eigenvalue weighted by Gasteiger charge is 2.36. The summed E-state index contributed by atoms with van der Waals surface area (Å²) in [7, 11) is 0. The molecule has 0 amide bonds. The monoisotopic (exact) mass is 269 g/mol. The summed E-state index contributed by atoms with van der Waals surface area (Å²) in [4.78, 5) is 14.6. The van der Waals surface area contributed by atoms with Gasteiger partial charge in [0.2, 0.25) is 0 Å². The average Bonchev–Trinajstić information content (AvgIpc) is 2.67. The van der Waals surface area contributed by atoms with Gasteiger partial charge in [-0.1, -0.05) is 33.1 Å². The summed E-state index contributed by atoms with van der Waals surface area (Å²) in [5.74, 6) is -0.0259. The number of likely N-dealkylation sites (tertiary alicyclic amines) is 1. The molecule has 3 heteroatoms. The molecule has 1 aliphatic heterocycles. The van der Waals surface area contributed by atoms with E-state index in [1.165, 1.54) is 25.7 Å². The maximum absolute atomic E-state index is 12.0. The van der Waals surface area contributed by atoms with E-state index in [1.807, 2.05) is 6.92 Å². The van der Waals surface area contributed by atoms with Crippen molar-refractivity contribution >= 4 is 5.97 Å². The summed E-state index contributed by atoms with van der Waals surface area (Å²) in [5, 5.41) is 0. The van der Waals surface area contributed by atoms with E-state index in [0.29, 0.717) is 13.0 Å². The second kappa shape index (κ2) is 8.57. The van der Waals surface area contributed by atoms with Gasteiger partial charge in [0.25, 0.3) is 0 Å². The Labute approximate surface area is 118 Å². The highest BCUT2D eigenvalue weighted by atomic mass is 16.5. The average molecular weight is 269 g/mol. The molecule has 3 nitrogen and oxygen atoms in total. The lowest BCUT2D eigenvalue weighted by molar-refractivity contribution is -0.147. The minimum Gasteiger partial charge on any atom is -0.466 e. The molecule has 0 saturated carbocycles. The molecule has 1 fully saturated rings. The van der Waals surface area contributed by atoms with E-state index in [1.54, 1.807) is 0 Å². The standard InChI is InChI=1S/C16H31NO2/c1-4-11-16(5-2,14-15(18)19-6-3)17-12-9-7-8-10-13-17/h4-14H2,1-3H3. The predicted octanol–water partition coefficient (Wildman–Crippen LogP) is 3.76. The molecule has 19 heavy (non-hydrogen) atoms. The summed E-state index contributed by atoms with van der Waals surface area (Å²) in [6, 6.07) is 0. The third kappa shape index (κ3) is 4.79. The third-order valence-corrected chi connectivity index (χ3v) is 4.43. The molecular weight excluding hydrogens is 238 g/mol. The molecule has 112 valence electrons. The van der Waals surface area contributed by atoms with Crippen molar-refractivity contribution in [3.05, 3.63) is 0 Å². The predicted molar refractivity (Wildman–Crippen MR) is 79.2 cm³/mol.